The van der Waals surface area contributed by atoms with E-state index in [1.54, 1.807) is 7.11 Å². The van der Waals surface area contributed by atoms with Crippen molar-refractivity contribution < 1.29 is 13.2 Å². The highest BCUT2D eigenvalue weighted by molar-refractivity contribution is 7.87. The molecule has 0 aromatic carbocycles. The van der Waals surface area contributed by atoms with Crippen LogP contribution >= 0.6 is 0 Å². The predicted octanol–water partition coefficient (Wildman–Crippen LogP) is -0.474. The van der Waals surface area contributed by atoms with Gasteiger partial charge in [0.1, 0.15) is 0 Å². The molecule has 0 aromatic heterocycles. The van der Waals surface area contributed by atoms with Crippen LogP contribution in [-0.4, -0.2) is 52.6 Å². The lowest BCUT2D eigenvalue weighted by atomic mass is 10.3. The minimum Gasteiger partial charge on any atom is -0.383 e. The van der Waals surface area contributed by atoms with Crippen LogP contribution in [0.3, 0.4) is 0 Å². The molecule has 0 aromatic rings. The first-order valence-corrected chi connectivity index (χ1v) is 6.84. The third kappa shape index (κ3) is 5.76. The first-order valence-electron chi connectivity index (χ1n) is 5.40. The second-order valence-electron chi connectivity index (χ2n) is 3.65. The Hall–Kier alpha value is -0.210. The van der Waals surface area contributed by atoms with Crippen LogP contribution in [0.25, 0.3) is 0 Å². The zero-order chi connectivity index (χ0) is 12.6. The first-order chi connectivity index (χ1) is 7.47. The van der Waals surface area contributed by atoms with Gasteiger partial charge < -0.3 is 10.5 Å². The van der Waals surface area contributed by atoms with Crippen molar-refractivity contribution in [1.82, 2.24) is 9.03 Å². The van der Waals surface area contributed by atoms with Gasteiger partial charge in [0.15, 0.2) is 0 Å². The topological polar surface area (TPSA) is 84.7 Å². The van der Waals surface area contributed by atoms with Crippen LogP contribution in [0.5, 0.6) is 0 Å². The Morgan fingerprint density at radius 1 is 1.50 bits per heavy atom. The van der Waals surface area contributed by atoms with Gasteiger partial charge in [0.2, 0.25) is 0 Å². The van der Waals surface area contributed by atoms with Crippen LogP contribution in [0.2, 0.25) is 0 Å². The molecule has 0 amide bonds. The Kier molecular flexibility index (Phi) is 7.86. The summed E-state index contributed by atoms with van der Waals surface area (Å²) in [6.45, 7) is 3.19. The molecule has 0 rings (SSSR count). The highest BCUT2D eigenvalue weighted by atomic mass is 32.2. The molecule has 98 valence electrons. The molecular formula is C9H23N3O3S. The molecule has 0 saturated heterocycles. The van der Waals surface area contributed by atoms with Crippen LogP contribution in [0.1, 0.15) is 19.8 Å². The normalized spacial score (nSPS) is 14.3. The van der Waals surface area contributed by atoms with Gasteiger partial charge in [-0.2, -0.15) is 17.4 Å². The van der Waals surface area contributed by atoms with Gasteiger partial charge in [0, 0.05) is 26.7 Å². The minimum absolute atomic E-state index is 0.185. The summed E-state index contributed by atoms with van der Waals surface area (Å²) in [6.07, 6.45) is 1.34. The summed E-state index contributed by atoms with van der Waals surface area (Å²) in [5, 5.41) is 0. The number of nitrogens with two attached hydrogens (primary N) is 1. The maximum atomic E-state index is 11.8. The van der Waals surface area contributed by atoms with Crippen molar-refractivity contribution in [2.24, 2.45) is 5.73 Å². The molecule has 0 heterocycles. The second kappa shape index (κ2) is 7.97. The molecule has 0 aliphatic carbocycles. The Balaban J connectivity index is 4.30. The van der Waals surface area contributed by atoms with Crippen molar-refractivity contribution in [2.75, 3.05) is 33.9 Å². The molecule has 0 aliphatic heterocycles. The van der Waals surface area contributed by atoms with Crippen LogP contribution in [0.15, 0.2) is 0 Å². The van der Waals surface area contributed by atoms with Gasteiger partial charge in [-0.25, -0.2) is 0 Å². The van der Waals surface area contributed by atoms with E-state index >= 15 is 0 Å². The summed E-state index contributed by atoms with van der Waals surface area (Å²) < 4.78 is 32.4. The molecule has 0 spiro atoms. The zero-order valence-electron chi connectivity index (χ0n) is 10.3. The van der Waals surface area contributed by atoms with Crippen LogP contribution in [0, 0.1) is 0 Å². The van der Waals surface area contributed by atoms with Crippen molar-refractivity contribution >= 4 is 10.2 Å². The minimum atomic E-state index is -3.42. The number of rotatable bonds is 9. The second-order valence-corrected chi connectivity index (χ2v) is 5.46. The summed E-state index contributed by atoms with van der Waals surface area (Å²) in [5.41, 5.74) is 5.33. The lowest BCUT2D eigenvalue weighted by Crippen LogP contribution is -2.45. The predicted molar refractivity (Wildman–Crippen MR) is 64.3 cm³/mol. The maximum absolute atomic E-state index is 11.8. The quantitative estimate of drug-likeness (QED) is 0.581. The van der Waals surface area contributed by atoms with Crippen molar-refractivity contribution in [3.05, 3.63) is 0 Å². The summed E-state index contributed by atoms with van der Waals surface area (Å²) in [4.78, 5) is 0. The van der Waals surface area contributed by atoms with Crippen LogP contribution in [-0.2, 0) is 14.9 Å². The number of nitrogens with one attached hydrogen (secondary N) is 1. The smallest absolute Gasteiger partial charge is 0.279 e. The van der Waals surface area contributed by atoms with Crippen molar-refractivity contribution in [3.8, 4) is 0 Å². The van der Waals surface area contributed by atoms with Crippen molar-refractivity contribution in [1.29, 1.82) is 0 Å². The van der Waals surface area contributed by atoms with Gasteiger partial charge in [0.05, 0.1) is 6.61 Å². The molecule has 3 N–H and O–H groups in total. The Morgan fingerprint density at radius 2 is 2.12 bits per heavy atom. The van der Waals surface area contributed by atoms with Gasteiger partial charge in [-0.3, -0.25) is 0 Å². The van der Waals surface area contributed by atoms with Crippen molar-refractivity contribution in [3.63, 3.8) is 0 Å². The molecule has 0 fully saturated rings. The fourth-order valence-electron chi connectivity index (χ4n) is 1.17. The van der Waals surface area contributed by atoms with Crippen LogP contribution < -0.4 is 10.5 Å². The van der Waals surface area contributed by atoms with E-state index in [1.807, 2.05) is 6.92 Å². The number of hydrogen-bond donors (Lipinski definition) is 2. The molecule has 1 atom stereocenters. The molecule has 16 heavy (non-hydrogen) atoms. The third-order valence-electron chi connectivity index (χ3n) is 2.26. The Bertz CT molecular complexity index is 269. The molecule has 1 unspecified atom stereocenters. The molecule has 0 bridgehead atoms. The van der Waals surface area contributed by atoms with Gasteiger partial charge in [-0.05, 0) is 19.4 Å². The number of nitrogens with zero attached hydrogens (tertiary/aromatic N) is 1. The average Bonchev–Trinajstić information content (AvgIpc) is 2.24. The van der Waals surface area contributed by atoms with Gasteiger partial charge in [-0.1, -0.05) is 6.92 Å². The standard InChI is InChI=1S/C9H23N3O3S/c1-4-9(8-15-3)11-16(13,14)12(2)7-5-6-10/h9,11H,4-8,10H2,1-3H3. The molecule has 7 heteroatoms. The van der Waals surface area contributed by atoms with Gasteiger partial charge in [-0.15, -0.1) is 0 Å². The highest BCUT2D eigenvalue weighted by Crippen LogP contribution is 2.00. The molecular weight excluding hydrogens is 230 g/mol. The van der Waals surface area contributed by atoms with Gasteiger partial charge >= 0.3 is 0 Å². The van der Waals surface area contributed by atoms with E-state index < -0.39 is 10.2 Å². The molecule has 0 aliphatic rings. The molecule has 0 saturated carbocycles. The Labute approximate surface area is 98.3 Å². The van der Waals surface area contributed by atoms with Crippen LogP contribution in [0.4, 0.5) is 0 Å². The SMILES string of the molecule is CCC(COC)NS(=O)(=O)N(C)CCCN. The number of ether oxygens (including phenoxy) is 1. The van der Waals surface area contributed by atoms with E-state index in [0.29, 0.717) is 32.5 Å². The lowest BCUT2D eigenvalue weighted by molar-refractivity contribution is 0.172. The molecule has 6 nitrogen and oxygen atoms in total. The number of methoxy groups -OCH3 is 1. The first kappa shape index (κ1) is 15.8. The summed E-state index contributed by atoms with van der Waals surface area (Å²) >= 11 is 0. The van der Waals surface area contributed by atoms with Crippen molar-refractivity contribution in [2.45, 2.75) is 25.8 Å². The fraction of sp³-hybridized carbons (Fsp3) is 1.00. The van der Waals surface area contributed by atoms with E-state index in [9.17, 15) is 8.42 Å². The van der Waals surface area contributed by atoms with E-state index in [0.717, 1.165) is 0 Å². The molecule has 0 radical (unpaired) electrons. The zero-order valence-corrected chi connectivity index (χ0v) is 11.1. The monoisotopic (exact) mass is 253 g/mol. The number of hydrogen-bond acceptors (Lipinski definition) is 4. The Morgan fingerprint density at radius 3 is 2.56 bits per heavy atom. The highest BCUT2D eigenvalue weighted by Gasteiger charge is 2.20. The average molecular weight is 253 g/mol. The summed E-state index contributed by atoms with van der Waals surface area (Å²) in [5.74, 6) is 0. The van der Waals surface area contributed by atoms with E-state index in [1.165, 1.54) is 11.4 Å². The summed E-state index contributed by atoms with van der Waals surface area (Å²) in [6, 6.07) is -0.185. The largest absolute Gasteiger partial charge is 0.383 e. The van der Waals surface area contributed by atoms with E-state index in [2.05, 4.69) is 4.72 Å². The lowest BCUT2D eigenvalue weighted by Gasteiger charge is -2.21. The maximum Gasteiger partial charge on any atom is 0.279 e. The summed E-state index contributed by atoms with van der Waals surface area (Å²) in [7, 11) is -0.328. The third-order valence-corrected chi connectivity index (χ3v) is 3.90. The van der Waals surface area contributed by atoms with Gasteiger partial charge in [0.25, 0.3) is 10.2 Å². The van der Waals surface area contributed by atoms with E-state index in [-0.39, 0.29) is 6.04 Å². The van der Waals surface area contributed by atoms with E-state index in [4.69, 9.17) is 10.5 Å². The fourth-order valence-corrected chi connectivity index (χ4v) is 2.38.